The minimum absolute atomic E-state index is 0.141. The van der Waals surface area contributed by atoms with Crippen molar-refractivity contribution in [1.29, 1.82) is 0 Å². The molecule has 1 atom stereocenters. The molecule has 96 valence electrons. The molecule has 1 fully saturated rings. The molecule has 1 saturated heterocycles. The van der Waals surface area contributed by atoms with Gasteiger partial charge >= 0.3 is 0 Å². The van der Waals surface area contributed by atoms with Crippen LogP contribution in [0.4, 0.5) is 0 Å². The Labute approximate surface area is 114 Å². The number of hydrogen-bond donors (Lipinski definition) is 1. The summed E-state index contributed by atoms with van der Waals surface area (Å²) in [7, 11) is -2.82. The number of sulfone groups is 1. The fraction of sp³-hybridized carbons (Fsp3) is 0.600. The van der Waals surface area contributed by atoms with Gasteiger partial charge in [-0.15, -0.1) is 11.3 Å². The van der Waals surface area contributed by atoms with Crippen molar-refractivity contribution in [3.05, 3.63) is 20.8 Å². The molecule has 4 nitrogen and oxygen atoms in total. The molecule has 0 aromatic carbocycles. The van der Waals surface area contributed by atoms with Crippen molar-refractivity contribution < 1.29 is 8.42 Å². The molecule has 2 rings (SSSR count). The summed E-state index contributed by atoms with van der Waals surface area (Å²) in [5, 5.41) is 0. The summed E-state index contributed by atoms with van der Waals surface area (Å²) < 4.78 is 23.8. The first-order valence-corrected chi connectivity index (χ1v) is 8.85. The fourth-order valence-corrected chi connectivity index (χ4v) is 4.79. The first-order chi connectivity index (χ1) is 8.02. The van der Waals surface area contributed by atoms with Gasteiger partial charge in [0.05, 0.1) is 21.3 Å². The monoisotopic (exact) mass is 338 g/mol. The molecule has 0 amide bonds. The second-order valence-electron chi connectivity index (χ2n) is 4.08. The fourth-order valence-electron chi connectivity index (χ4n) is 1.99. The number of halogens is 1. The van der Waals surface area contributed by atoms with Gasteiger partial charge in [-0.3, -0.25) is 4.90 Å². The average molecular weight is 339 g/mol. The van der Waals surface area contributed by atoms with Gasteiger partial charge in [-0.25, -0.2) is 8.42 Å². The van der Waals surface area contributed by atoms with E-state index >= 15 is 0 Å². The van der Waals surface area contributed by atoms with Crippen LogP contribution in [0, 0.1) is 0 Å². The minimum atomic E-state index is -2.82. The van der Waals surface area contributed by atoms with Gasteiger partial charge in [-0.2, -0.15) is 0 Å². The zero-order chi connectivity index (χ0) is 12.5. The smallest absolute Gasteiger partial charge is 0.152 e. The van der Waals surface area contributed by atoms with Crippen molar-refractivity contribution in [2.24, 2.45) is 5.73 Å². The Morgan fingerprint density at radius 3 is 2.53 bits per heavy atom. The SMILES string of the molecule is NCC(c1ccc(Br)s1)N1CCS(=O)(=O)CC1. The maximum atomic E-state index is 11.4. The zero-order valence-corrected chi connectivity index (χ0v) is 12.5. The van der Waals surface area contributed by atoms with Crippen molar-refractivity contribution in [2.45, 2.75) is 6.04 Å². The molecule has 1 aromatic heterocycles. The lowest BCUT2D eigenvalue weighted by molar-refractivity contribution is 0.222. The predicted octanol–water partition coefficient (Wildman–Crippen LogP) is 1.24. The normalized spacial score (nSPS) is 22.5. The summed E-state index contributed by atoms with van der Waals surface area (Å²) in [5.41, 5.74) is 5.81. The third-order valence-corrected chi connectivity index (χ3v) is 6.30. The van der Waals surface area contributed by atoms with Crippen molar-refractivity contribution in [2.75, 3.05) is 31.1 Å². The highest BCUT2D eigenvalue weighted by molar-refractivity contribution is 9.11. The summed E-state index contributed by atoms with van der Waals surface area (Å²) in [4.78, 5) is 3.36. The summed E-state index contributed by atoms with van der Waals surface area (Å²) in [6.45, 7) is 1.69. The van der Waals surface area contributed by atoms with E-state index < -0.39 is 9.84 Å². The lowest BCUT2D eigenvalue weighted by Gasteiger charge is -2.33. The van der Waals surface area contributed by atoms with Crippen LogP contribution >= 0.6 is 27.3 Å². The van der Waals surface area contributed by atoms with Crippen LogP contribution in [-0.4, -0.2) is 44.5 Å². The van der Waals surface area contributed by atoms with E-state index in [0.29, 0.717) is 19.6 Å². The maximum Gasteiger partial charge on any atom is 0.152 e. The minimum Gasteiger partial charge on any atom is -0.329 e. The van der Waals surface area contributed by atoms with Gasteiger partial charge in [0.2, 0.25) is 0 Å². The van der Waals surface area contributed by atoms with E-state index in [1.807, 2.05) is 6.07 Å². The van der Waals surface area contributed by atoms with Gasteiger partial charge in [0.25, 0.3) is 0 Å². The molecule has 1 aliphatic heterocycles. The third-order valence-electron chi connectivity index (χ3n) is 2.97. The number of thiophene rings is 1. The Morgan fingerprint density at radius 1 is 1.41 bits per heavy atom. The van der Waals surface area contributed by atoms with Crippen LogP contribution in [0.15, 0.2) is 15.9 Å². The van der Waals surface area contributed by atoms with Gasteiger partial charge in [0.1, 0.15) is 0 Å². The summed E-state index contributed by atoms with van der Waals surface area (Å²) >= 11 is 5.09. The van der Waals surface area contributed by atoms with Gasteiger partial charge in [0.15, 0.2) is 9.84 Å². The lowest BCUT2D eigenvalue weighted by atomic mass is 10.2. The van der Waals surface area contributed by atoms with Gasteiger partial charge in [-0.05, 0) is 28.1 Å². The van der Waals surface area contributed by atoms with E-state index in [9.17, 15) is 8.42 Å². The first-order valence-electron chi connectivity index (χ1n) is 5.41. The Morgan fingerprint density at radius 2 is 2.06 bits per heavy atom. The molecular weight excluding hydrogens is 324 g/mol. The lowest BCUT2D eigenvalue weighted by Crippen LogP contribution is -2.44. The number of nitrogens with two attached hydrogens (primary N) is 1. The van der Waals surface area contributed by atoms with Crippen LogP contribution in [0.3, 0.4) is 0 Å². The van der Waals surface area contributed by atoms with Gasteiger partial charge in [0, 0.05) is 24.5 Å². The van der Waals surface area contributed by atoms with Crippen LogP contribution in [0.1, 0.15) is 10.9 Å². The summed E-state index contributed by atoms with van der Waals surface area (Å²) in [6.07, 6.45) is 0. The Balaban J connectivity index is 2.10. The quantitative estimate of drug-likeness (QED) is 0.900. The molecule has 17 heavy (non-hydrogen) atoms. The third kappa shape index (κ3) is 3.29. The molecule has 7 heteroatoms. The molecule has 1 aliphatic rings. The van der Waals surface area contributed by atoms with Crippen LogP contribution in [-0.2, 0) is 9.84 Å². The number of nitrogens with zero attached hydrogens (tertiary/aromatic N) is 1. The van der Waals surface area contributed by atoms with Crippen LogP contribution in [0.5, 0.6) is 0 Å². The van der Waals surface area contributed by atoms with Crippen LogP contribution in [0.2, 0.25) is 0 Å². The predicted molar refractivity (Wildman–Crippen MR) is 74.0 cm³/mol. The van der Waals surface area contributed by atoms with E-state index in [1.165, 1.54) is 4.88 Å². The molecule has 0 spiro atoms. The Kier molecular flexibility index (Phi) is 4.25. The van der Waals surface area contributed by atoms with Crippen molar-refractivity contribution in [3.8, 4) is 0 Å². The molecule has 0 bridgehead atoms. The summed E-state index contributed by atoms with van der Waals surface area (Å²) in [6, 6.07) is 4.19. The number of rotatable bonds is 3. The molecule has 1 aromatic rings. The van der Waals surface area contributed by atoms with Crippen LogP contribution < -0.4 is 5.73 Å². The molecule has 0 aliphatic carbocycles. The van der Waals surface area contributed by atoms with Crippen molar-refractivity contribution in [3.63, 3.8) is 0 Å². The highest BCUT2D eigenvalue weighted by Gasteiger charge is 2.27. The highest BCUT2D eigenvalue weighted by atomic mass is 79.9. The first kappa shape index (κ1) is 13.5. The average Bonchev–Trinajstić information content (AvgIpc) is 2.68. The molecule has 2 N–H and O–H groups in total. The Hall–Kier alpha value is 0.0500. The molecule has 0 radical (unpaired) electrons. The van der Waals surface area contributed by atoms with Crippen molar-refractivity contribution >= 4 is 37.1 Å². The standard InChI is InChI=1S/C10H15BrN2O2S2/c11-10-2-1-9(16-10)8(7-12)13-3-5-17(14,15)6-4-13/h1-2,8H,3-7,12H2. The molecule has 0 saturated carbocycles. The topological polar surface area (TPSA) is 63.4 Å². The second kappa shape index (κ2) is 5.36. The van der Waals surface area contributed by atoms with Crippen LogP contribution in [0.25, 0.3) is 0 Å². The van der Waals surface area contributed by atoms with E-state index in [0.717, 1.165) is 3.79 Å². The molecular formula is C10H15BrN2O2S2. The van der Waals surface area contributed by atoms with E-state index in [-0.39, 0.29) is 17.5 Å². The molecule has 1 unspecified atom stereocenters. The second-order valence-corrected chi connectivity index (χ2v) is 8.88. The van der Waals surface area contributed by atoms with Gasteiger partial charge in [-0.1, -0.05) is 0 Å². The van der Waals surface area contributed by atoms with E-state index in [2.05, 4.69) is 26.9 Å². The largest absolute Gasteiger partial charge is 0.329 e. The Bertz CT molecular complexity index is 472. The van der Waals surface area contributed by atoms with E-state index in [1.54, 1.807) is 11.3 Å². The van der Waals surface area contributed by atoms with E-state index in [4.69, 9.17) is 5.73 Å². The zero-order valence-electron chi connectivity index (χ0n) is 9.30. The molecule has 2 heterocycles. The highest BCUT2D eigenvalue weighted by Crippen LogP contribution is 2.30. The summed E-state index contributed by atoms with van der Waals surface area (Å²) in [5.74, 6) is 0.492. The number of hydrogen-bond acceptors (Lipinski definition) is 5. The maximum absolute atomic E-state index is 11.4. The van der Waals surface area contributed by atoms with Gasteiger partial charge < -0.3 is 5.73 Å². The van der Waals surface area contributed by atoms with Crippen molar-refractivity contribution in [1.82, 2.24) is 4.90 Å².